The Labute approximate surface area is 262 Å². The van der Waals surface area contributed by atoms with Crippen LogP contribution in [0.3, 0.4) is 0 Å². The quantitative estimate of drug-likeness (QED) is 0.288. The number of anilines is 1. The third-order valence-electron chi connectivity index (χ3n) is 8.62. The molecule has 6 rings (SSSR count). The molecule has 42 heavy (non-hydrogen) atoms. The van der Waals surface area contributed by atoms with Gasteiger partial charge in [0.15, 0.2) is 0 Å². The fourth-order valence-electron chi connectivity index (χ4n) is 6.84. The molecule has 218 valence electrons. The van der Waals surface area contributed by atoms with Crippen LogP contribution in [0.2, 0.25) is 5.02 Å². The number of hydrogen-bond donors (Lipinski definition) is 3. The van der Waals surface area contributed by atoms with E-state index in [2.05, 4.69) is 26.6 Å². The van der Waals surface area contributed by atoms with E-state index in [-0.39, 0.29) is 34.4 Å². The molecule has 7 nitrogen and oxygen atoms in total. The van der Waals surface area contributed by atoms with Gasteiger partial charge in [-0.3, -0.25) is 14.4 Å². The van der Waals surface area contributed by atoms with Crippen LogP contribution < -0.4 is 10.6 Å². The largest absolute Gasteiger partial charge is 0.394 e. The molecule has 3 amide bonds. The zero-order valence-electron chi connectivity index (χ0n) is 22.7. The first-order valence-corrected chi connectivity index (χ1v) is 16.2. The summed E-state index contributed by atoms with van der Waals surface area (Å²) in [7, 11) is 0. The van der Waals surface area contributed by atoms with Gasteiger partial charge in [-0.15, -0.1) is 11.8 Å². The Hall–Kier alpha value is -2.85. The number of aliphatic hydroxyl groups is 1. The van der Waals surface area contributed by atoms with Crippen molar-refractivity contribution in [2.75, 3.05) is 11.9 Å². The number of carbonyl (C=O) groups is 3. The van der Waals surface area contributed by atoms with Gasteiger partial charge in [-0.05, 0) is 48.2 Å². The van der Waals surface area contributed by atoms with Crippen LogP contribution in [-0.2, 0) is 27.3 Å². The number of alkyl halides is 1. The summed E-state index contributed by atoms with van der Waals surface area (Å²) in [6.45, 7) is 0.0384. The van der Waals surface area contributed by atoms with Crippen LogP contribution in [-0.4, -0.2) is 61.2 Å². The molecule has 3 aromatic carbocycles. The number of carbonyl (C=O) groups excluding carboxylic acids is 3. The average Bonchev–Trinajstić information content (AvgIpc) is 3.60. The first-order valence-electron chi connectivity index (χ1n) is 14.0. The van der Waals surface area contributed by atoms with Crippen LogP contribution in [0, 0.1) is 11.8 Å². The number of nitrogens with one attached hydrogen (secondary N) is 2. The Morgan fingerprint density at radius 1 is 1.00 bits per heavy atom. The number of amides is 3. The summed E-state index contributed by atoms with van der Waals surface area (Å²) >= 11 is 11.4. The summed E-state index contributed by atoms with van der Waals surface area (Å²) in [5.41, 5.74) is 2.48. The number of aliphatic hydroxyl groups excluding tert-OH is 1. The molecule has 10 heteroatoms. The summed E-state index contributed by atoms with van der Waals surface area (Å²) in [5.74, 6) is -2.09. The number of rotatable bonds is 9. The third-order valence-corrected chi connectivity index (χ3v) is 12.1. The van der Waals surface area contributed by atoms with E-state index >= 15 is 0 Å². The van der Waals surface area contributed by atoms with E-state index in [4.69, 9.17) is 11.6 Å². The maximum absolute atomic E-state index is 14.5. The normalized spacial score (nSPS) is 28.4. The zero-order chi connectivity index (χ0) is 29.4. The molecule has 2 bridgehead atoms. The van der Waals surface area contributed by atoms with Crippen LogP contribution in [0.1, 0.15) is 17.5 Å². The second-order valence-corrected chi connectivity index (χ2v) is 14.3. The van der Waals surface area contributed by atoms with Crippen LogP contribution >= 0.6 is 39.3 Å². The minimum Gasteiger partial charge on any atom is -0.394 e. The SMILES string of the molecule is O=C(Nc1ccc(Cl)cc1)C1N([C@@H](CO)Cc2ccccc2)C(=O)[C@@H]2[C@@H](C(=O)NCc3ccccc3)[C@@H]3SC12CC3Br. The molecule has 0 radical (unpaired) electrons. The smallest absolute Gasteiger partial charge is 0.248 e. The Bertz CT molecular complexity index is 1460. The van der Waals surface area contributed by atoms with Crippen molar-refractivity contribution < 1.29 is 19.5 Å². The molecule has 0 aliphatic carbocycles. The Balaban J connectivity index is 1.35. The van der Waals surface area contributed by atoms with Crippen LogP contribution in [0.15, 0.2) is 84.9 Å². The molecular weight excluding hydrogens is 638 g/mol. The minimum atomic E-state index is -0.881. The van der Waals surface area contributed by atoms with E-state index in [0.29, 0.717) is 30.1 Å². The van der Waals surface area contributed by atoms with Crippen molar-refractivity contribution in [2.24, 2.45) is 11.8 Å². The predicted octanol–water partition coefficient (Wildman–Crippen LogP) is 4.66. The second-order valence-electron chi connectivity index (χ2n) is 11.1. The molecule has 3 heterocycles. The van der Waals surface area contributed by atoms with Gasteiger partial charge < -0.3 is 20.6 Å². The van der Waals surface area contributed by atoms with Gasteiger partial charge in [0.1, 0.15) is 6.04 Å². The molecule has 3 saturated heterocycles. The first kappa shape index (κ1) is 29.2. The van der Waals surface area contributed by atoms with Crippen molar-refractivity contribution in [1.29, 1.82) is 0 Å². The predicted molar refractivity (Wildman–Crippen MR) is 168 cm³/mol. The summed E-state index contributed by atoms with van der Waals surface area (Å²) in [6.07, 6.45) is 0.938. The number of likely N-dealkylation sites (tertiary alicyclic amines) is 1. The highest BCUT2D eigenvalue weighted by Gasteiger charge is 2.76. The highest BCUT2D eigenvalue weighted by Crippen LogP contribution is 2.68. The average molecular weight is 669 g/mol. The van der Waals surface area contributed by atoms with Gasteiger partial charge >= 0.3 is 0 Å². The molecule has 0 aromatic heterocycles. The number of halogens is 2. The number of hydrogen-bond acceptors (Lipinski definition) is 5. The molecule has 0 saturated carbocycles. The van der Waals surface area contributed by atoms with E-state index in [9.17, 15) is 19.5 Å². The maximum atomic E-state index is 14.5. The Morgan fingerprint density at radius 2 is 1.64 bits per heavy atom. The lowest BCUT2D eigenvalue weighted by molar-refractivity contribution is -0.142. The monoisotopic (exact) mass is 667 g/mol. The zero-order valence-corrected chi connectivity index (χ0v) is 25.8. The molecule has 3 aromatic rings. The van der Waals surface area contributed by atoms with Crippen molar-refractivity contribution >= 4 is 62.7 Å². The molecule has 1 spiro atoms. The molecule has 3 aliphatic heterocycles. The first-order chi connectivity index (χ1) is 20.3. The van der Waals surface area contributed by atoms with Crippen molar-refractivity contribution in [3.8, 4) is 0 Å². The molecule has 3 aliphatic rings. The number of benzene rings is 3. The second kappa shape index (κ2) is 12.0. The molecule has 3 N–H and O–H groups in total. The summed E-state index contributed by atoms with van der Waals surface area (Å²) < 4.78 is -0.828. The van der Waals surface area contributed by atoms with Crippen molar-refractivity contribution in [1.82, 2.24) is 10.2 Å². The fraction of sp³-hybridized carbons (Fsp3) is 0.344. The number of thioether (sulfide) groups is 1. The standard InChI is InChI=1S/C32H31BrClN3O4S/c33-24-16-32-26(25(27(24)42-32)29(39)35-17-20-9-5-2-6-10-20)31(41)37(23(18-38)15-19-7-3-1-4-8-19)28(32)30(40)36-22-13-11-21(34)12-14-22/h1-14,23-28,38H,15-18H2,(H,35,39)(H,36,40)/t23-,24?,25-,26+,27-,28?,32?/m1/s1. The lowest BCUT2D eigenvalue weighted by Crippen LogP contribution is -2.55. The lowest BCUT2D eigenvalue weighted by Gasteiger charge is -2.37. The summed E-state index contributed by atoms with van der Waals surface area (Å²) in [4.78, 5) is 44.0. The van der Waals surface area contributed by atoms with E-state index in [1.165, 1.54) is 0 Å². The Kier molecular flexibility index (Phi) is 8.37. The maximum Gasteiger partial charge on any atom is 0.248 e. The summed E-state index contributed by atoms with van der Waals surface area (Å²) in [6, 6.07) is 24.6. The van der Waals surface area contributed by atoms with Crippen molar-refractivity contribution in [2.45, 2.75) is 46.3 Å². The number of nitrogens with zero attached hydrogens (tertiary/aromatic N) is 1. The number of fused-ring (bicyclic) bond motifs is 1. The van der Waals surface area contributed by atoms with Gasteiger partial charge in [0.05, 0.1) is 29.2 Å². The van der Waals surface area contributed by atoms with Crippen LogP contribution in [0.25, 0.3) is 0 Å². The van der Waals surface area contributed by atoms with E-state index < -0.39 is 28.7 Å². The van der Waals surface area contributed by atoms with Crippen molar-refractivity contribution in [3.05, 3.63) is 101 Å². The van der Waals surface area contributed by atoms with E-state index in [1.807, 2.05) is 60.7 Å². The van der Waals surface area contributed by atoms with Crippen molar-refractivity contribution in [3.63, 3.8) is 0 Å². The topological polar surface area (TPSA) is 98.7 Å². The van der Waals surface area contributed by atoms with E-state index in [1.54, 1.807) is 40.9 Å². The molecular formula is C32H31BrClN3O4S. The van der Waals surface area contributed by atoms with Gasteiger partial charge in [-0.2, -0.15) is 0 Å². The van der Waals surface area contributed by atoms with Gasteiger partial charge in [0.25, 0.3) is 0 Å². The van der Waals surface area contributed by atoms with Gasteiger partial charge in [-0.25, -0.2) is 0 Å². The fourth-order valence-corrected chi connectivity index (χ4v) is 10.6. The van der Waals surface area contributed by atoms with Crippen LogP contribution in [0.4, 0.5) is 5.69 Å². The van der Waals surface area contributed by atoms with Gasteiger partial charge in [0, 0.05) is 27.3 Å². The van der Waals surface area contributed by atoms with Gasteiger partial charge in [0.2, 0.25) is 17.7 Å². The highest BCUT2D eigenvalue weighted by molar-refractivity contribution is 9.09. The van der Waals surface area contributed by atoms with Crippen LogP contribution in [0.5, 0.6) is 0 Å². The molecule has 3 unspecified atom stereocenters. The van der Waals surface area contributed by atoms with E-state index in [0.717, 1.165) is 11.1 Å². The molecule has 3 fully saturated rings. The lowest BCUT2D eigenvalue weighted by atomic mass is 9.70. The summed E-state index contributed by atoms with van der Waals surface area (Å²) in [5, 5.41) is 17.1. The third kappa shape index (κ3) is 5.25. The Morgan fingerprint density at radius 3 is 2.29 bits per heavy atom. The van der Waals surface area contributed by atoms with Gasteiger partial charge in [-0.1, -0.05) is 88.2 Å². The minimum absolute atomic E-state index is 0.0495. The highest BCUT2D eigenvalue weighted by atomic mass is 79.9. The molecule has 7 atom stereocenters.